The number of amides is 2. The summed E-state index contributed by atoms with van der Waals surface area (Å²) in [6, 6.07) is 40.0. The van der Waals surface area contributed by atoms with Crippen molar-refractivity contribution in [1.82, 2.24) is 14.9 Å². The molecule has 8 rings (SSSR count). The lowest BCUT2D eigenvalue weighted by atomic mass is 9.71. The zero-order chi connectivity index (χ0) is 37.1. The Balaban J connectivity index is 1.13. The number of carbonyl (C=O) groups is 3. The van der Waals surface area contributed by atoms with Crippen LogP contribution in [-0.2, 0) is 24.7 Å². The van der Waals surface area contributed by atoms with Crippen molar-refractivity contribution in [2.75, 3.05) is 13.2 Å². The van der Waals surface area contributed by atoms with Crippen molar-refractivity contribution < 1.29 is 24.2 Å². The third-order valence-corrected chi connectivity index (χ3v) is 10.8. The maximum atomic E-state index is 14.6. The number of rotatable bonds is 12. The molecule has 1 saturated carbocycles. The maximum Gasteiger partial charge on any atom is 0.330 e. The van der Waals surface area contributed by atoms with E-state index < -0.39 is 35.2 Å². The molecule has 0 spiro atoms. The minimum atomic E-state index is -1.68. The molecule has 3 aliphatic rings. The van der Waals surface area contributed by atoms with Crippen LogP contribution < -0.4 is 0 Å². The monoisotopic (exact) mass is 713 g/mol. The molecular weight excluding hydrogens is 675 g/mol. The van der Waals surface area contributed by atoms with E-state index in [0.29, 0.717) is 29.7 Å². The summed E-state index contributed by atoms with van der Waals surface area (Å²) in [5.74, 6) is -3.35. The van der Waals surface area contributed by atoms with E-state index in [0.717, 1.165) is 28.0 Å². The average Bonchev–Trinajstić information content (AvgIpc) is 3.84. The van der Waals surface area contributed by atoms with E-state index in [4.69, 9.17) is 9.72 Å². The molecule has 2 amide bonds. The molecule has 3 aromatic carbocycles. The number of ether oxygens (including phenoxy) is 1. The molecule has 5 aromatic rings. The van der Waals surface area contributed by atoms with Crippen LogP contribution >= 0.6 is 0 Å². The highest BCUT2D eigenvalue weighted by atomic mass is 16.5. The van der Waals surface area contributed by atoms with E-state index in [2.05, 4.69) is 4.98 Å². The highest BCUT2D eigenvalue weighted by Crippen LogP contribution is 2.64. The van der Waals surface area contributed by atoms with Crippen LogP contribution in [0.5, 0.6) is 0 Å². The Morgan fingerprint density at radius 3 is 2.09 bits per heavy atom. The van der Waals surface area contributed by atoms with Gasteiger partial charge < -0.3 is 9.84 Å². The van der Waals surface area contributed by atoms with Gasteiger partial charge in [0.05, 0.1) is 29.8 Å². The molecule has 2 bridgehead atoms. The molecule has 1 saturated heterocycles. The fourth-order valence-corrected chi connectivity index (χ4v) is 8.45. The summed E-state index contributed by atoms with van der Waals surface area (Å²) < 4.78 is 5.39. The Bertz CT molecular complexity index is 2160. The summed E-state index contributed by atoms with van der Waals surface area (Å²) in [6.45, 7) is 0.383. The van der Waals surface area contributed by atoms with Crippen LogP contribution in [0.15, 0.2) is 163 Å². The van der Waals surface area contributed by atoms with Gasteiger partial charge in [0, 0.05) is 42.4 Å². The van der Waals surface area contributed by atoms with Gasteiger partial charge in [-0.15, -0.1) is 0 Å². The number of allylic oxidation sites excluding steroid dienone is 2. The topological polar surface area (TPSA) is 110 Å². The molecule has 54 heavy (non-hydrogen) atoms. The fraction of sp³-hybridized carbons (Fsp3) is 0.196. The van der Waals surface area contributed by atoms with Gasteiger partial charge in [-0.05, 0) is 71.0 Å². The van der Waals surface area contributed by atoms with Crippen LogP contribution in [0.1, 0.15) is 40.9 Å². The van der Waals surface area contributed by atoms with Gasteiger partial charge in [0.2, 0.25) is 11.8 Å². The van der Waals surface area contributed by atoms with Crippen molar-refractivity contribution in [3.63, 3.8) is 0 Å². The normalized spacial score (nSPS) is 22.2. The van der Waals surface area contributed by atoms with E-state index in [9.17, 15) is 19.5 Å². The van der Waals surface area contributed by atoms with Crippen molar-refractivity contribution >= 4 is 29.4 Å². The van der Waals surface area contributed by atoms with E-state index in [-0.39, 0.29) is 25.0 Å². The summed E-state index contributed by atoms with van der Waals surface area (Å²) in [5, 5.41) is 13.1. The summed E-state index contributed by atoms with van der Waals surface area (Å²) in [5.41, 5.74) is 4.33. The van der Waals surface area contributed by atoms with Gasteiger partial charge in [0.25, 0.3) is 0 Å². The molecule has 8 heteroatoms. The number of hydrogen-bond acceptors (Lipinski definition) is 7. The minimum Gasteiger partial charge on any atom is -0.463 e. The van der Waals surface area contributed by atoms with Gasteiger partial charge in [-0.3, -0.25) is 24.5 Å². The van der Waals surface area contributed by atoms with Crippen LogP contribution in [0.2, 0.25) is 0 Å². The summed E-state index contributed by atoms with van der Waals surface area (Å²) in [7, 11) is 0. The summed E-state index contributed by atoms with van der Waals surface area (Å²) in [4.78, 5) is 52.1. The Kier molecular flexibility index (Phi) is 9.68. The predicted molar refractivity (Wildman–Crippen MR) is 205 cm³/mol. The second-order valence-corrected chi connectivity index (χ2v) is 13.8. The first kappa shape index (κ1) is 34.8. The molecule has 5 atom stereocenters. The number of esters is 1. The van der Waals surface area contributed by atoms with E-state index in [1.165, 1.54) is 11.0 Å². The smallest absolute Gasteiger partial charge is 0.330 e. The van der Waals surface area contributed by atoms with Crippen LogP contribution in [-0.4, -0.2) is 50.9 Å². The molecule has 268 valence electrons. The minimum absolute atomic E-state index is 0.170. The number of fused-ring (bicyclic) bond motifs is 5. The molecule has 3 heterocycles. The molecule has 2 fully saturated rings. The van der Waals surface area contributed by atoms with Gasteiger partial charge in [-0.25, -0.2) is 4.79 Å². The SMILES string of the molecule is O=C(/C=C/c1ccccc1)OCCCCN1C(=O)[C@@H]2[C@@H]3C(C(O)(c4ccccc4)c4ccccn4)=C[C@@H](C3=C(c3ccccc3)c3ccccn3)[C@@H]2C1=O. The first-order valence-corrected chi connectivity index (χ1v) is 18.3. The number of hydrogen-bond donors (Lipinski definition) is 1. The first-order valence-electron chi connectivity index (χ1n) is 18.3. The zero-order valence-electron chi connectivity index (χ0n) is 29.6. The average molecular weight is 714 g/mol. The van der Waals surface area contributed by atoms with Crippen molar-refractivity contribution in [1.29, 1.82) is 0 Å². The second-order valence-electron chi connectivity index (χ2n) is 13.8. The predicted octanol–water partition coefficient (Wildman–Crippen LogP) is 7.04. The van der Waals surface area contributed by atoms with Crippen molar-refractivity contribution in [3.05, 3.63) is 191 Å². The first-order chi connectivity index (χ1) is 26.5. The summed E-state index contributed by atoms with van der Waals surface area (Å²) >= 11 is 0. The van der Waals surface area contributed by atoms with Gasteiger partial charge >= 0.3 is 5.97 Å². The molecule has 1 aliphatic heterocycles. The molecule has 2 aliphatic carbocycles. The van der Waals surface area contributed by atoms with E-state index in [1.807, 2.05) is 121 Å². The number of unbranched alkanes of at least 4 members (excludes halogenated alkanes) is 1. The Morgan fingerprint density at radius 2 is 1.41 bits per heavy atom. The Labute approximate surface area is 314 Å². The Morgan fingerprint density at radius 1 is 0.759 bits per heavy atom. The number of carbonyl (C=O) groups excluding carboxylic acids is 3. The highest BCUT2D eigenvalue weighted by molar-refractivity contribution is 6.08. The maximum absolute atomic E-state index is 14.6. The highest BCUT2D eigenvalue weighted by Gasteiger charge is 2.66. The Hall–Kier alpha value is -6.25. The van der Waals surface area contributed by atoms with Crippen LogP contribution in [0.4, 0.5) is 0 Å². The quantitative estimate of drug-likeness (QED) is 0.0486. The lowest BCUT2D eigenvalue weighted by Crippen LogP contribution is -2.38. The number of aliphatic hydroxyl groups is 1. The molecule has 8 nitrogen and oxygen atoms in total. The van der Waals surface area contributed by atoms with Gasteiger partial charge in [0.1, 0.15) is 0 Å². The van der Waals surface area contributed by atoms with E-state index in [1.54, 1.807) is 30.6 Å². The van der Waals surface area contributed by atoms with Gasteiger partial charge in [-0.1, -0.05) is 109 Å². The number of benzene rings is 3. The third-order valence-electron chi connectivity index (χ3n) is 10.8. The third kappa shape index (κ3) is 6.28. The second kappa shape index (κ2) is 15.0. The van der Waals surface area contributed by atoms with Crippen molar-refractivity contribution in [2.24, 2.45) is 23.7 Å². The molecule has 2 aromatic heterocycles. The zero-order valence-corrected chi connectivity index (χ0v) is 29.6. The fourth-order valence-electron chi connectivity index (χ4n) is 8.45. The number of aromatic nitrogens is 2. The number of nitrogens with zero attached hydrogens (tertiary/aromatic N) is 3. The van der Waals surface area contributed by atoms with Crippen molar-refractivity contribution in [2.45, 2.75) is 18.4 Å². The van der Waals surface area contributed by atoms with Crippen LogP contribution in [0.25, 0.3) is 11.6 Å². The molecular formula is C46H39N3O5. The lowest BCUT2D eigenvalue weighted by Gasteiger charge is -2.36. The molecule has 0 radical (unpaired) electrons. The summed E-state index contributed by atoms with van der Waals surface area (Å²) in [6.07, 6.45) is 9.49. The van der Waals surface area contributed by atoms with E-state index >= 15 is 0 Å². The van der Waals surface area contributed by atoms with Crippen LogP contribution in [0, 0.1) is 23.7 Å². The number of pyridine rings is 2. The number of likely N-dealkylation sites (tertiary alicyclic amines) is 1. The lowest BCUT2D eigenvalue weighted by molar-refractivity contribution is -0.141. The molecule has 1 unspecified atom stereocenters. The molecule has 1 N–H and O–H groups in total. The van der Waals surface area contributed by atoms with Gasteiger partial charge in [0.15, 0.2) is 5.60 Å². The van der Waals surface area contributed by atoms with Crippen LogP contribution in [0.3, 0.4) is 0 Å². The number of imide groups is 1. The largest absolute Gasteiger partial charge is 0.463 e. The van der Waals surface area contributed by atoms with Gasteiger partial charge in [-0.2, -0.15) is 0 Å². The standard InChI is InChI=1S/C46H39N3O5/c50-38(25-24-31-16-4-1-5-17-31)54-29-15-14-28-49-44(51)41-34-30-35(46(53,33-20-8-3-9-21-33)37-23-11-13-27-48-37)42(43(41)45(49)52)40(34)39(32-18-6-2-7-19-32)36-22-10-12-26-47-36/h1-13,16-27,30,34,41-43,53H,14-15,28-29H2/b25-24+,40-39?/t34-,41-,42+,43-,46?/m0/s1. The van der Waals surface area contributed by atoms with Crippen molar-refractivity contribution in [3.8, 4) is 0 Å².